The topological polar surface area (TPSA) is 91.0 Å². The average molecular weight is 439 g/mol. The van der Waals surface area contributed by atoms with Crippen molar-refractivity contribution in [3.05, 3.63) is 46.7 Å². The first-order chi connectivity index (χ1) is 14.0. The van der Waals surface area contributed by atoms with Crippen LogP contribution in [-0.2, 0) is 16.6 Å². The molecule has 0 radical (unpaired) electrons. The standard InChI is InChI=1S/C19H26N4O4S2/c1-27-17-6-4-16(5-7-17)22-9-11-23(12-10-22)29(25,26)14-8-20-19(24)21-15-18-3-2-13-28-18/h2-7,13H,8-12,14-15H2,1H3,(H2,20,21,24). The Morgan fingerprint density at radius 1 is 1.10 bits per heavy atom. The monoisotopic (exact) mass is 438 g/mol. The number of piperazine rings is 1. The van der Waals surface area contributed by atoms with E-state index in [4.69, 9.17) is 4.74 Å². The Hall–Kier alpha value is -2.30. The SMILES string of the molecule is COc1ccc(N2CCN(S(=O)(=O)CCNC(=O)NCc3cccs3)CC2)cc1. The zero-order valence-corrected chi connectivity index (χ0v) is 18.0. The molecule has 3 rings (SSSR count). The molecule has 1 aliphatic rings. The van der Waals surface area contributed by atoms with Crippen LogP contribution in [0.5, 0.6) is 5.75 Å². The lowest BCUT2D eigenvalue weighted by Crippen LogP contribution is -2.50. The van der Waals surface area contributed by atoms with E-state index in [2.05, 4.69) is 15.5 Å². The van der Waals surface area contributed by atoms with Crippen LogP contribution in [0.15, 0.2) is 41.8 Å². The zero-order chi connectivity index (χ0) is 20.7. The van der Waals surface area contributed by atoms with Crippen LogP contribution in [0.4, 0.5) is 10.5 Å². The van der Waals surface area contributed by atoms with E-state index in [9.17, 15) is 13.2 Å². The number of nitrogens with one attached hydrogen (secondary N) is 2. The maximum absolute atomic E-state index is 12.6. The number of ether oxygens (including phenoxy) is 1. The van der Waals surface area contributed by atoms with Crippen molar-refractivity contribution >= 4 is 33.1 Å². The number of thiophene rings is 1. The molecule has 158 valence electrons. The lowest BCUT2D eigenvalue weighted by Gasteiger charge is -2.35. The van der Waals surface area contributed by atoms with Gasteiger partial charge in [0, 0.05) is 43.3 Å². The van der Waals surface area contributed by atoms with Crippen molar-refractivity contribution in [3.8, 4) is 5.75 Å². The summed E-state index contributed by atoms with van der Waals surface area (Å²) in [6.45, 7) is 2.62. The Labute approximate surface area is 175 Å². The number of methoxy groups -OCH3 is 1. The normalized spacial score (nSPS) is 15.1. The summed E-state index contributed by atoms with van der Waals surface area (Å²) in [5, 5.41) is 7.27. The van der Waals surface area contributed by atoms with E-state index in [-0.39, 0.29) is 18.3 Å². The van der Waals surface area contributed by atoms with E-state index in [1.165, 1.54) is 4.31 Å². The van der Waals surface area contributed by atoms with Crippen LogP contribution >= 0.6 is 11.3 Å². The number of amides is 2. The van der Waals surface area contributed by atoms with Gasteiger partial charge in [-0.2, -0.15) is 4.31 Å². The summed E-state index contributed by atoms with van der Waals surface area (Å²) < 4.78 is 31.8. The van der Waals surface area contributed by atoms with Gasteiger partial charge in [-0.05, 0) is 35.7 Å². The van der Waals surface area contributed by atoms with E-state index in [0.29, 0.717) is 32.7 Å². The lowest BCUT2D eigenvalue weighted by atomic mass is 10.2. The zero-order valence-electron chi connectivity index (χ0n) is 16.3. The molecule has 1 fully saturated rings. The van der Waals surface area contributed by atoms with Crippen LogP contribution in [0.3, 0.4) is 0 Å². The van der Waals surface area contributed by atoms with Crippen LogP contribution in [0, 0.1) is 0 Å². The summed E-state index contributed by atoms with van der Waals surface area (Å²) in [4.78, 5) is 15.0. The van der Waals surface area contributed by atoms with E-state index < -0.39 is 10.0 Å². The quantitative estimate of drug-likeness (QED) is 0.655. The molecule has 1 saturated heterocycles. The molecule has 0 unspecified atom stereocenters. The van der Waals surface area contributed by atoms with Gasteiger partial charge >= 0.3 is 6.03 Å². The molecule has 1 aliphatic heterocycles. The molecular formula is C19H26N4O4S2. The van der Waals surface area contributed by atoms with Gasteiger partial charge in [0.05, 0.1) is 19.4 Å². The van der Waals surface area contributed by atoms with Gasteiger partial charge in [0.2, 0.25) is 10.0 Å². The first kappa shape index (κ1) is 21.4. The number of anilines is 1. The Balaban J connectivity index is 1.40. The van der Waals surface area contributed by atoms with Gasteiger partial charge in [-0.1, -0.05) is 6.07 Å². The fourth-order valence-electron chi connectivity index (χ4n) is 3.08. The van der Waals surface area contributed by atoms with Gasteiger partial charge in [-0.15, -0.1) is 11.3 Å². The fraction of sp³-hybridized carbons (Fsp3) is 0.421. The number of hydrogen-bond acceptors (Lipinski definition) is 6. The molecule has 1 aromatic carbocycles. The number of carbonyl (C=O) groups excluding carboxylic acids is 1. The Morgan fingerprint density at radius 3 is 2.45 bits per heavy atom. The van der Waals surface area contributed by atoms with Gasteiger partial charge in [-0.3, -0.25) is 0 Å². The number of hydrogen-bond donors (Lipinski definition) is 2. The molecule has 0 aliphatic carbocycles. The van der Waals surface area contributed by atoms with Gasteiger partial charge in [0.25, 0.3) is 0 Å². The predicted octanol–water partition coefficient (Wildman–Crippen LogP) is 1.71. The van der Waals surface area contributed by atoms with E-state index >= 15 is 0 Å². The minimum Gasteiger partial charge on any atom is -0.497 e. The number of rotatable bonds is 8. The second-order valence-electron chi connectivity index (χ2n) is 6.59. The third-order valence-corrected chi connectivity index (χ3v) is 7.47. The number of sulfonamides is 1. The first-order valence-electron chi connectivity index (χ1n) is 9.39. The number of nitrogens with zero attached hydrogens (tertiary/aromatic N) is 2. The van der Waals surface area contributed by atoms with E-state index in [1.807, 2.05) is 41.8 Å². The van der Waals surface area contributed by atoms with E-state index in [1.54, 1.807) is 18.4 Å². The van der Waals surface area contributed by atoms with Gasteiger partial charge in [-0.25, -0.2) is 13.2 Å². The predicted molar refractivity (Wildman–Crippen MR) is 115 cm³/mol. The molecule has 0 spiro atoms. The highest BCUT2D eigenvalue weighted by molar-refractivity contribution is 7.89. The van der Waals surface area contributed by atoms with Crippen molar-refractivity contribution in [3.63, 3.8) is 0 Å². The molecule has 2 N–H and O–H groups in total. The minimum atomic E-state index is -3.41. The molecule has 0 atom stereocenters. The van der Waals surface area contributed by atoms with Gasteiger partial charge in [0.1, 0.15) is 5.75 Å². The van der Waals surface area contributed by atoms with Gasteiger partial charge in [0.15, 0.2) is 0 Å². The molecule has 2 heterocycles. The van der Waals surface area contributed by atoms with Crippen molar-refractivity contribution in [1.29, 1.82) is 0 Å². The lowest BCUT2D eigenvalue weighted by molar-refractivity contribution is 0.241. The minimum absolute atomic E-state index is 0.0807. The van der Waals surface area contributed by atoms with Crippen molar-refractivity contribution in [2.24, 2.45) is 0 Å². The van der Waals surface area contributed by atoms with Crippen LogP contribution in [0.1, 0.15) is 4.88 Å². The summed E-state index contributed by atoms with van der Waals surface area (Å²) in [5.74, 6) is 0.684. The number of urea groups is 1. The van der Waals surface area contributed by atoms with Crippen LogP contribution in [-0.4, -0.2) is 64.3 Å². The summed E-state index contributed by atoms with van der Waals surface area (Å²) in [6.07, 6.45) is 0. The molecule has 8 nitrogen and oxygen atoms in total. The molecule has 2 amide bonds. The van der Waals surface area contributed by atoms with Crippen molar-refractivity contribution in [1.82, 2.24) is 14.9 Å². The highest BCUT2D eigenvalue weighted by atomic mass is 32.2. The van der Waals surface area contributed by atoms with Crippen molar-refractivity contribution in [2.75, 3.05) is 50.5 Å². The summed E-state index contributed by atoms with van der Waals surface area (Å²) in [6, 6.07) is 11.2. The fourth-order valence-corrected chi connectivity index (χ4v) is 5.07. The smallest absolute Gasteiger partial charge is 0.315 e. The number of benzene rings is 1. The number of carbonyl (C=O) groups is 1. The van der Waals surface area contributed by atoms with Gasteiger partial charge < -0.3 is 20.3 Å². The summed E-state index contributed by atoms with van der Waals surface area (Å²) >= 11 is 1.56. The third kappa shape index (κ3) is 6.09. The molecular weight excluding hydrogens is 412 g/mol. The maximum Gasteiger partial charge on any atom is 0.315 e. The highest BCUT2D eigenvalue weighted by Gasteiger charge is 2.26. The second kappa shape index (κ2) is 9.95. The van der Waals surface area contributed by atoms with E-state index in [0.717, 1.165) is 16.3 Å². The Kier molecular flexibility index (Phi) is 7.34. The highest BCUT2D eigenvalue weighted by Crippen LogP contribution is 2.21. The molecule has 0 bridgehead atoms. The van der Waals surface area contributed by atoms with Crippen molar-refractivity contribution in [2.45, 2.75) is 6.54 Å². The first-order valence-corrected chi connectivity index (χ1v) is 11.9. The maximum atomic E-state index is 12.6. The Bertz CT molecular complexity index is 877. The molecule has 2 aromatic rings. The summed E-state index contributed by atoms with van der Waals surface area (Å²) in [5.41, 5.74) is 1.05. The van der Waals surface area contributed by atoms with Crippen molar-refractivity contribution < 1.29 is 17.9 Å². The van der Waals surface area contributed by atoms with Crippen LogP contribution in [0.2, 0.25) is 0 Å². The largest absolute Gasteiger partial charge is 0.497 e. The third-order valence-electron chi connectivity index (χ3n) is 4.72. The molecule has 0 saturated carbocycles. The van der Waals surface area contributed by atoms with Crippen LogP contribution < -0.4 is 20.3 Å². The second-order valence-corrected chi connectivity index (χ2v) is 9.71. The molecule has 10 heteroatoms. The Morgan fingerprint density at radius 2 is 1.83 bits per heavy atom. The van der Waals surface area contributed by atoms with Crippen LogP contribution in [0.25, 0.3) is 0 Å². The molecule has 29 heavy (non-hydrogen) atoms. The summed E-state index contributed by atoms with van der Waals surface area (Å²) in [7, 11) is -1.78. The molecule has 1 aromatic heterocycles. The average Bonchev–Trinajstić information content (AvgIpc) is 3.26.